The minimum Gasteiger partial charge on any atom is -0.454 e. The highest BCUT2D eigenvalue weighted by molar-refractivity contribution is 5.95. The number of carbonyl (C=O) groups excluding carboxylic acids is 5. The van der Waals surface area contributed by atoms with Crippen LogP contribution in [0.3, 0.4) is 0 Å². The summed E-state index contributed by atoms with van der Waals surface area (Å²) in [6.07, 6.45) is 2.90. The molecule has 3 amide bonds. The standard InChI is InChI=1S/C26H39N5O6/c1-16(2)13-22(33)27-12-10-23(34)31-20(7-6-11-29-31)25(35)30-24(17(3)4)21(32)15-37-26(36)19-9-8-18(5)28-14-19/h8-9,14,16-17,20,24,29H,6-7,10-13,15H2,1-5H3,(H,27,33)(H,30,35)/t20-,24+/m0/s1. The Morgan fingerprint density at radius 3 is 2.51 bits per heavy atom. The zero-order valence-corrected chi connectivity index (χ0v) is 22.3. The van der Waals surface area contributed by atoms with Gasteiger partial charge in [0.15, 0.2) is 12.4 Å². The Morgan fingerprint density at radius 2 is 1.89 bits per heavy atom. The van der Waals surface area contributed by atoms with Crippen molar-refractivity contribution in [3.05, 3.63) is 29.6 Å². The molecule has 1 saturated heterocycles. The number of aromatic nitrogens is 1. The monoisotopic (exact) mass is 517 g/mol. The lowest BCUT2D eigenvalue weighted by atomic mass is 9.98. The summed E-state index contributed by atoms with van der Waals surface area (Å²) in [5.74, 6) is -2.10. The van der Waals surface area contributed by atoms with Gasteiger partial charge in [-0.05, 0) is 43.7 Å². The number of aryl methyl sites for hydroxylation is 1. The van der Waals surface area contributed by atoms with Crippen molar-refractivity contribution in [1.29, 1.82) is 0 Å². The normalized spacial score (nSPS) is 16.3. The van der Waals surface area contributed by atoms with E-state index in [1.807, 2.05) is 13.8 Å². The van der Waals surface area contributed by atoms with Crippen LogP contribution >= 0.6 is 0 Å². The molecule has 11 heteroatoms. The van der Waals surface area contributed by atoms with Crippen LogP contribution in [-0.2, 0) is 23.9 Å². The zero-order chi connectivity index (χ0) is 27.5. The molecule has 0 bridgehead atoms. The molecule has 1 aliphatic rings. The number of esters is 1. The van der Waals surface area contributed by atoms with E-state index in [9.17, 15) is 24.0 Å². The summed E-state index contributed by atoms with van der Waals surface area (Å²) in [5.41, 5.74) is 3.94. The second-order valence-corrected chi connectivity index (χ2v) is 9.99. The van der Waals surface area contributed by atoms with Gasteiger partial charge in [-0.25, -0.2) is 10.2 Å². The van der Waals surface area contributed by atoms with Crippen molar-refractivity contribution in [2.24, 2.45) is 11.8 Å². The van der Waals surface area contributed by atoms with Gasteiger partial charge in [-0.15, -0.1) is 0 Å². The molecule has 37 heavy (non-hydrogen) atoms. The van der Waals surface area contributed by atoms with E-state index >= 15 is 0 Å². The average molecular weight is 518 g/mol. The molecule has 0 saturated carbocycles. The van der Waals surface area contributed by atoms with Crippen molar-refractivity contribution in [3.8, 4) is 0 Å². The highest BCUT2D eigenvalue weighted by atomic mass is 16.5. The van der Waals surface area contributed by atoms with E-state index in [1.54, 1.807) is 32.9 Å². The van der Waals surface area contributed by atoms with Crippen molar-refractivity contribution in [2.45, 2.75) is 72.4 Å². The van der Waals surface area contributed by atoms with Crippen molar-refractivity contribution >= 4 is 29.5 Å². The molecule has 3 N–H and O–H groups in total. The van der Waals surface area contributed by atoms with Crippen LogP contribution in [0, 0.1) is 18.8 Å². The molecule has 2 rings (SSSR count). The van der Waals surface area contributed by atoms with Gasteiger partial charge in [-0.2, -0.15) is 0 Å². The number of ketones is 1. The molecule has 1 fully saturated rings. The lowest BCUT2D eigenvalue weighted by molar-refractivity contribution is -0.147. The number of rotatable bonds is 12. The van der Waals surface area contributed by atoms with Gasteiger partial charge >= 0.3 is 5.97 Å². The van der Waals surface area contributed by atoms with E-state index in [0.717, 1.165) is 5.69 Å². The van der Waals surface area contributed by atoms with Gasteiger partial charge in [0.05, 0.1) is 11.6 Å². The summed E-state index contributed by atoms with van der Waals surface area (Å²) < 4.78 is 5.14. The number of Topliss-reactive ketones (excluding diaryl/α,β-unsaturated/α-hetero) is 1. The predicted molar refractivity (Wildman–Crippen MR) is 136 cm³/mol. The zero-order valence-electron chi connectivity index (χ0n) is 22.3. The highest BCUT2D eigenvalue weighted by Crippen LogP contribution is 2.14. The smallest absolute Gasteiger partial charge is 0.340 e. The first kappa shape index (κ1) is 29.9. The second kappa shape index (κ2) is 14.4. The van der Waals surface area contributed by atoms with Gasteiger partial charge in [0.2, 0.25) is 17.7 Å². The number of pyridine rings is 1. The summed E-state index contributed by atoms with van der Waals surface area (Å²) >= 11 is 0. The van der Waals surface area contributed by atoms with Crippen LogP contribution < -0.4 is 16.1 Å². The lowest BCUT2D eigenvalue weighted by Crippen LogP contribution is -2.61. The summed E-state index contributed by atoms with van der Waals surface area (Å²) in [4.78, 5) is 66.9. The third-order valence-corrected chi connectivity index (χ3v) is 5.88. The van der Waals surface area contributed by atoms with Gasteiger partial charge in [-0.3, -0.25) is 29.2 Å². The SMILES string of the molecule is Cc1ccc(C(=O)OCC(=O)[C@H](NC(=O)[C@@H]2CCCNN2C(=O)CCNC(=O)CC(C)C)C(C)C)cn1. The second-order valence-electron chi connectivity index (χ2n) is 9.99. The van der Waals surface area contributed by atoms with Crippen molar-refractivity contribution < 1.29 is 28.7 Å². The molecular weight excluding hydrogens is 478 g/mol. The van der Waals surface area contributed by atoms with Gasteiger partial charge in [0, 0.05) is 37.8 Å². The molecule has 0 unspecified atom stereocenters. The van der Waals surface area contributed by atoms with Crippen LogP contribution in [0.2, 0.25) is 0 Å². The fraction of sp³-hybridized carbons (Fsp3) is 0.615. The van der Waals surface area contributed by atoms with E-state index in [0.29, 0.717) is 25.8 Å². The lowest BCUT2D eigenvalue weighted by Gasteiger charge is -2.36. The Morgan fingerprint density at radius 1 is 1.16 bits per heavy atom. The van der Waals surface area contributed by atoms with Crippen LogP contribution in [0.15, 0.2) is 18.3 Å². The Hall–Kier alpha value is -3.34. The third-order valence-electron chi connectivity index (χ3n) is 5.88. The number of amides is 3. The van der Waals surface area contributed by atoms with E-state index in [1.165, 1.54) is 11.2 Å². The third kappa shape index (κ3) is 9.56. The molecule has 1 aliphatic heterocycles. The minimum atomic E-state index is -0.898. The van der Waals surface area contributed by atoms with E-state index < -0.39 is 36.4 Å². The molecule has 1 aromatic heterocycles. The summed E-state index contributed by atoms with van der Waals surface area (Å²) in [5, 5.41) is 6.76. The van der Waals surface area contributed by atoms with Gasteiger partial charge in [0.1, 0.15) is 6.04 Å². The summed E-state index contributed by atoms with van der Waals surface area (Å²) in [7, 11) is 0. The van der Waals surface area contributed by atoms with E-state index in [2.05, 4.69) is 21.0 Å². The average Bonchev–Trinajstić information content (AvgIpc) is 2.85. The highest BCUT2D eigenvalue weighted by Gasteiger charge is 2.35. The molecule has 1 aromatic rings. The van der Waals surface area contributed by atoms with E-state index in [4.69, 9.17) is 4.74 Å². The van der Waals surface area contributed by atoms with Crippen molar-refractivity contribution in [1.82, 2.24) is 26.1 Å². The van der Waals surface area contributed by atoms with Crippen LogP contribution in [0.1, 0.15) is 69.4 Å². The number of ether oxygens (including phenoxy) is 1. The van der Waals surface area contributed by atoms with Crippen LogP contribution in [0.5, 0.6) is 0 Å². The summed E-state index contributed by atoms with van der Waals surface area (Å²) in [6.45, 7) is 9.41. The molecule has 0 aliphatic carbocycles. The van der Waals surface area contributed by atoms with Gasteiger partial charge in [-0.1, -0.05) is 27.7 Å². The number of hydrogen-bond donors (Lipinski definition) is 3. The molecule has 0 spiro atoms. The van der Waals surface area contributed by atoms with Gasteiger partial charge in [0.25, 0.3) is 0 Å². The topological polar surface area (TPSA) is 147 Å². The fourth-order valence-electron chi connectivity index (χ4n) is 3.88. The Bertz CT molecular complexity index is 963. The van der Waals surface area contributed by atoms with Crippen LogP contribution in [0.25, 0.3) is 0 Å². The minimum absolute atomic E-state index is 0.0387. The number of hydrogen-bond acceptors (Lipinski definition) is 8. The quantitative estimate of drug-likeness (QED) is 0.352. The molecular formula is C26H39N5O6. The number of hydrazine groups is 1. The summed E-state index contributed by atoms with van der Waals surface area (Å²) in [6, 6.07) is 1.53. The van der Waals surface area contributed by atoms with Crippen molar-refractivity contribution in [2.75, 3.05) is 19.7 Å². The first-order valence-electron chi connectivity index (χ1n) is 12.7. The Kier molecular flexibility index (Phi) is 11.6. The first-order valence-corrected chi connectivity index (χ1v) is 12.7. The molecule has 2 heterocycles. The fourth-order valence-corrected chi connectivity index (χ4v) is 3.88. The van der Waals surface area contributed by atoms with Crippen LogP contribution in [0.4, 0.5) is 0 Å². The number of nitrogens with one attached hydrogen (secondary N) is 3. The molecule has 0 aromatic carbocycles. The Balaban J connectivity index is 1.94. The van der Waals surface area contributed by atoms with E-state index in [-0.39, 0.29) is 42.2 Å². The maximum absolute atomic E-state index is 13.1. The molecule has 2 atom stereocenters. The number of nitrogens with zero attached hydrogens (tertiary/aromatic N) is 2. The maximum Gasteiger partial charge on any atom is 0.340 e. The molecule has 204 valence electrons. The maximum atomic E-state index is 13.1. The van der Waals surface area contributed by atoms with Gasteiger partial charge < -0.3 is 15.4 Å². The largest absolute Gasteiger partial charge is 0.454 e. The predicted octanol–water partition coefficient (Wildman–Crippen LogP) is 1.30. The Labute approximate surface area is 218 Å². The van der Waals surface area contributed by atoms with Crippen LogP contribution in [-0.4, -0.2) is 71.2 Å². The van der Waals surface area contributed by atoms with Crippen molar-refractivity contribution in [3.63, 3.8) is 0 Å². The molecule has 11 nitrogen and oxygen atoms in total. The first-order chi connectivity index (χ1) is 17.5. The number of carbonyl (C=O) groups is 5. The molecule has 0 radical (unpaired) electrons.